The number of anilines is 1. The van der Waals surface area contributed by atoms with E-state index in [9.17, 15) is 9.59 Å². The van der Waals surface area contributed by atoms with Crippen molar-refractivity contribution < 1.29 is 14.3 Å². The van der Waals surface area contributed by atoms with Crippen molar-refractivity contribution in [2.24, 2.45) is 0 Å². The van der Waals surface area contributed by atoms with Crippen molar-refractivity contribution in [2.75, 3.05) is 18.5 Å². The van der Waals surface area contributed by atoms with E-state index in [2.05, 4.69) is 10.3 Å². The van der Waals surface area contributed by atoms with Crippen molar-refractivity contribution in [3.8, 4) is 11.5 Å². The fourth-order valence-electron chi connectivity index (χ4n) is 3.08. The smallest absolute Gasteiger partial charge is 0.262 e. The molecule has 8 heteroatoms. The lowest BCUT2D eigenvalue weighted by molar-refractivity contribution is -0.116. The molecule has 0 fully saturated rings. The number of aromatic nitrogens is 2. The molecule has 1 amide bonds. The molecule has 3 rings (SSSR count). The lowest BCUT2D eigenvalue weighted by atomic mass is 10.2. The molecule has 31 heavy (non-hydrogen) atoms. The van der Waals surface area contributed by atoms with E-state index in [-0.39, 0.29) is 24.4 Å². The molecule has 1 heterocycles. The molecule has 2 N–H and O–H groups in total. The van der Waals surface area contributed by atoms with Crippen LogP contribution in [0.2, 0.25) is 0 Å². The minimum atomic E-state index is -0.224. The Kier molecular flexibility index (Phi) is 7.83. The van der Waals surface area contributed by atoms with Gasteiger partial charge in [-0.2, -0.15) is 0 Å². The summed E-state index contributed by atoms with van der Waals surface area (Å²) in [5.74, 6) is 1.03. The Morgan fingerprint density at radius 1 is 1.06 bits per heavy atom. The van der Waals surface area contributed by atoms with Crippen LogP contribution in [0.4, 0.5) is 5.69 Å². The molecule has 0 atom stereocenters. The number of carbonyl (C=O) groups excluding carboxylic acids is 1. The number of amides is 1. The number of nitrogens with zero attached hydrogens (tertiary/aromatic N) is 1. The molecule has 164 valence electrons. The number of aromatic amines is 1. The normalized spacial score (nSPS) is 10.8. The van der Waals surface area contributed by atoms with Gasteiger partial charge in [0.1, 0.15) is 0 Å². The Bertz CT molecular complexity index is 1170. The van der Waals surface area contributed by atoms with Gasteiger partial charge >= 0.3 is 0 Å². The van der Waals surface area contributed by atoms with Gasteiger partial charge in [-0.15, -0.1) is 0 Å². The van der Waals surface area contributed by atoms with Crippen LogP contribution in [0.3, 0.4) is 0 Å². The highest BCUT2D eigenvalue weighted by molar-refractivity contribution is 7.71. The summed E-state index contributed by atoms with van der Waals surface area (Å²) in [7, 11) is 0. The Hall–Kier alpha value is -3.13. The van der Waals surface area contributed by atoms with Crippen LogP contribution in [0.15, 0.2) is 47.3 Å². The number of fused-ring (bicyclic) bond motifs is 1. The first-order valence-corrected chi connectivity index (χ1v) is 10.9. The van der Waals surface area contributed by atoms with Crippen molar-refractivity contribution in [1.29, 1.82) is 0 Å². The minimum absolute atomic E-state index is 0.106. The van der Waals surface area contributed by atoms with Crippen LogP contribution in [0, 0.1) is 4.77 Å². The Balaban J connectivity index is 1.70. The number of nitrogens with one attached hydrogen (secondary N) is 2. The topological polar surface area (TPSA) is 85.4 Å². The first kappa shape index (κ1) is 22.6. The molecule has 1 aromatic heterocycles. The highest BCUT2D eigenvalue weighted by atomic mass is 32.1. The molecule has 0 aliphatic carbocycles. The molecular weight excluding hydrogens is 414 g/mol. The number of H-pyrrole nitrogens is 1. The van der Waals surface area contributed by atoms with Crippen LogP contribution < -0.4 is 20.3 Å². The van der Waals surface area contributed by atoms with E-state index in [1.165, 1.54) is 4.57 Å². The number of benzene rings is 2. The molecule has 3 aromatic rings. The monoisotopic (exact) mass is 441 g/mol. The van der Waals surface area contributed by atoms with Gasteiger partial charge in [0.05, 0.1) is 24.1 Å². The third-order valence-corrected chi connectivity index (χ3v) is 4.93. The molecule has 0 aliphatic rings. The lowest BCUT2D eigenvalue weighted by Crippen LogP contribution is -2.25. The van der Waals surface area contributed by atoms with Crippen molar-refractivity contribution >= 4 is 34.7 Å². The van der Waals surface area contributed by atoms with Gasteiger partial charge in [-0.05, 0) is 49.3 Å². The summed E-state index contributed by atoms with van der Waals surface area (Å²) >= 11 is 5.30. The average molecular weight is 442 g/mol. The largest absolute Gasteiger partial charge is 0.490 e. The van der Waals surface area contributed by atoms with Crippen molar-refractivity contribution in [3.63, 3.8) is 0 Å². The molecular formula is C23H27N3O4S. The highest BCUT2D eigenvalue weighted by Crippen LogP contribution is 2.31. The Morgan fingerprint density at radius 2 is 1.77 bits per heavy atom. The lowest BCUT2D eigenvalue weighted by Gasteiger charge is -2.14. The van der Waals surface area contributed by atoms with Crippen LogP contribution in [-0.2, 0) is 11.3 Å². The quantitative estimate of drug-likeness (QED) is 0.447. The van der Waals surface area contributed by atoms with Crippen molar-refractivity contribution in [1.82, 2.24) is 9.55 Å². The zero-order valence-corrected chi connectivity index (χ0v) is 18.6. The van der Waals surface area contributed by atoms with E-state index < -0.39 is 0 Å². The van der Waals surface area contributed by atoms with E-state index in [1.807, 2.05) is 19.9 Å². The van der Waals surface area contributed by atoms with Crippen LogP contribution in [0.1, 0.15) is 33.1 Å². The molecule has 0 saturated carbocycles. The summed E-state index contributed by atoms with van der Waals surface area (Å²) in [4.78, 5) is 28.3. The van der Waals surface area contributed by atoms with Crippen LogP contribution in [0.5, 0.6) is 11.5 Å². The number of carbonyl (C=O) groups is 1. The van der Waals surface area contributed by atoms with E-state index >= 15 is 0 Å². The molecule has 0 radical (unpaired) electrons. The number of hydrogen-bond donors (Lipinski definition) is 2. The molecule has 0 saturated heterocycles. The number of ether oxygens (including phenoxy) is 2. The molecule has 7 nitrogen and oxygen atoms in total. The number of para-hydroxylation sites is 1. The fourth-order valence-corrected chi connectivity index (χ4v) is 3.36. The predicted octanol–water partition coefficient (Wildman–Crippen LogP) is 4.67. The highest BCUT2D eigenvalue weighted by Gasteiger charge is 2.11. The van der Waals surface area contributed by atoms with Gasteiger partial charge in [0.25, 0.3) is 5.56 Å². The summed E-state index contributed by atoms with van der Waals surface area (Å²) < 4.78 is 13.2. The summed E-state index contributed by atoms with van der Waals surface area (Å²) in [6.07, 6.45) is 1.86. The minimum Gasteiger partial charge on any atom is -0.490 e. The van der Waals surface area contributed by atoms with Crippen LogP contribution in [0.25, 0.3) is 10.9 Å². The zero-order valence-electron chi connectivity index (χ0n) is 17.8. The third kappa shape index (κ3) is 5.73. The van der Waals surface area contributed by atoms with Crippen molar-refractivity contribution in [3.05, 3.63) is 57.6 Å². The molecule has 2 aromatic carbocycles. The fraction of sp³-hybridized carbons (Fsp3) is 0.348. The van der Waals surface area contributed by atoms with Gasteiger partial charge in [-0.25, -0.2) is 0 Å². The SMILES string of the molecule is CCCOc1ccc(NC(=O)CCn2c(=S)[nH]c3ccccc3c2=O)cc1OCCC. The molecule has 0 unspecified atom stereocenters. The molecule has 0 bridgehead atoms. The zero-order chi connectivity index (χ0) is 22.2. The standard InChI is InChI=1S/C23H27N3O4S/c1-3-13-29-19-10-9-16(15-20(19)30-14-4-2)24-21(27)11-12-26-22(28)17-7-5-6-8-18(17)25-23(26)31/h5-10,15H,3-4,11-14H2,1-2H3,(H,24,27)(H,25,31). The first-order valence-electron chi connectivity index (χ1n) is 10.4. The number of rotatable bonds is 10. The maximum atomic E-state index is 12.7. The maximum Gasteiger partial charge on any atom is 0.262 e. The van der Waals surface area contributed by atoms with Gasteiger partial charge in [0, 0.05) is 24.7 Å². The Labute approximate surface area is 186 Å². The molecule has 0 aliphatic heterocycles. The molecule has 0 spiro atoms. The summed E-state index contributed by atoms with van der Waals surface area (Å²) in [6.45, 7) is 5.39. The van der Waals surface area contributed by atoms with E-state index in [0.717, 1.165) is 12.8 Å². The summed E-state index contributed by atoms with van der Waals surface area (Å²) in [5, 5.41) is 3.39. The van der Waals surface area contributed by atoms with Gasteiger partial charge in [0.15, 0.2) is 16.3 Å². The second kappa shape index (κ2) is 10.8. The second-order valence-corrected chi connectivity index (χ2v) is 7.48. The van der Waals surface area contributed by atoms with Gasteiger partial charge in [0.2, 0.25) is 5.91 Å². The van der Waals surface area contributed by atoms with Gasteiger partial charge in [-0.3, -0.25) is 14.2 Å². The van der Waals surface area contributed by atoms with E-state index in [4.69, 9.17) is 21.7 Å². The summed E-state index contributed by atoms with van der Waals surface area (Å²) in [6, 6.07) is 12.5. The van der Waals surface area contributed by atoms with E-state index in [0.29, 0.717) is 46.1 Å². The predicted molar refractivity (Wildman–Crippen MR) is 125 cm³/mol. The third-order valence-electron chi connectivity index (χ3n) is 4.60. The maximum absolute atomic E-state index is 12.7. The number of hydrogen-bond acceptors (Lipinski definition) is 5. The summed E-state index contributed by atoms with van der Waals surface area (Å²) in [5.41, 5.74) is 1.08. The second-order valence-electron chi connectivity index (χ2n) is 7.09. The van der Waals surface area contributed by atoms with Gasteiger partial charge in [-0.1, -0.05) is 26.0 Å². The van der Waals surface area contributed by atoms with Crippen LogP contribution in [-0.4, -0.2) is 28.7 Å². The Morgan fingerprint density at radius 3 is 2.52 bits per heavy atom. The van der Waals surface area contributed by atoms with Gasteiger partial charge < -0.3 is 19.8 Å². The first-order chi connectivity index (χ1) is 15.0. The van der Waals surface area contributed by atoms with Crippen LogP contribution >= 0.6 is 12.2 Å². The average Bonchev–Trinajstić information content (AvgIpc) is 2.76. The van der Waals surface area contributed by atoms with E-state index in [1.54, 1.807) is 36.4 Å². The van der Waals surface area contributed by atoms with Crippen molar-refractivity contribution in [2.45, 2.75) is 39.7 Å².